The van der Waals surface area contributed by atoms with Gasteiger partial charge in [0.1, 0.15) is 5.82 Å². The molecule has 0 fully saturated rings. The quantitative estimate of drug-likeness (QED) is 0.205. The maximum Gasteiger partial charge on any atom is 0.175 e. The Labute approximate surface area is 231 Å². The third-order valence-corrected chi connectivity index (χ3v) is 8.37. The summed E-state index contributed by atoms with van der Waals surface area (Å²) in [6.07, 6.45) is 1.50. The van der Waals surface area contributed by atoms with E-state index in [0.717, 1.165) is 20.9 Å². The molecule has 0 unspecified atom stereocenters. The Bertz CT molecular complexity index is 1580. The highest BCUT2D eigenvalue weighted by Gasteiger charge is 2.15. The van der Waals surface area contributed by atoms with Gasteiger partial charge in [0.05, 0.1) is 21.3 Å². The van der Waals surface area contributed by atoms with Crippen molar-refractivity contribution in [2.24, 2.45) is 4.99 Å². The summed E-state index contributed by atoms with van der Waals surface area (Å²) in [5.74, 6) is -0.275. The lowest BCUT2D eigenvalue weighted by atomic mass is 10.1. The number of nitrogens with zero attached hydrogens (tertiary/aromatic N) is 2. The molecule has 196 valence electrons. The van der Waals surface area contributed by atoms with E-state index >= 15 is 0 Å². The molecule has 0 saturated heterocycles. The molecule has 1 N–H and O–H groups in total. The van der Waals surface area contributed by atoms with Crippen LogP contribution in [0.25, 0.3) is 10.4 Å². The highest BCUT2D eigenvalue weighted by Crippen LogP contribution is 2.32. The van der Waals surface area contributed by atoms with Gasteiger partial charge in [-0.05, 0) is 66.7 Å². The van der Waals surface area contributed by atoms with Crippen LogP contribution in [0.4, 0.5) is 10.1 Å². The number of halogens is 2. The minimum atomic E-state index is -3.33. The number of nitrogens with one attached hydrogen (secondary N) is 1. The van der Waals surface area contributed by atoms with Gasteiger partial charge in [-0.2, -0.15) is 0 Å². The van der Waals surface area contributed by atoms with E-state index < -0.39 is 9.84 Å². The SMILES string of the molecule is CN(CC(=N)CC(=Nc1ccccc1Cl)c1ccc(-c2cccc(S(C)(=O)=O)c2)s1)Cc1ccc(F)cc1. The Hall–Kier alpha value is -3.17. The lowest BCUT2D eigenvalue weighted by Gasteiger charge is -2.18. The van der Waals surface area contributed by atoms with Gasteiger partial charge in [-0.3, -0.25) is 9.89 Å². The van der Waals surface area contributed by atoms with Gasteiger partial charge in [0.15, 0.2) is 9.84 Å². The minimum Gasteiger partial charge on any atom is -0.308 e. The van der Waals surface area contributed by atoms with E-state index in [9.17, 15) is 12.8 Å². The highest BCUT2D eigenvalue weighted by molar-refractivity contribution is 7.90. The molecule has 0 atom stereocenters. The molecule has 0 saturated carbocycles. The third-order valence-electron chi connectivity index (χ3n) is 5.75. The van der Waals surface area contributed by atoms with E-state index in [1.807, 2.05) is 48.3 Å². The lowest BCUT2D eigenvalue weighted by molar-refractivity contribution is 0.372. The van der Waals surface area contributed by atoms with Crippen LogP contribution in [-0.4, -0.2) is 44.6 Å². The molecule has 9 heteroatoms. The van der Waals surface area contributed by atoms with Crippen LogP contribution in [0.2, 0.25) is 5.02 Å². The predicted molar refractivity (Wildman–Crippen MR) is 156 cm³/mol. The van der Waals surface area contributed by atoms with Crippen molar-refractivity contribution >= 4 is 49.9 Å². The minimum absolute atomic E-state index is 0.265. The highest BCUT2D eigenvalue weighted by atomic mass is 35.5. The molecule has 38 heavy (non-hydrogen) atoms. The zero-order valence-electron chi connectivity index (χ0n) is 21.0. The third kappa shape index (κ3) is 7.45. The first-order valence-electron chi connectivity index (χ1n) is 11.8. The fraction of sp³-hybridized carbons (Fsp3) is 0.172. The van der Waals surface area contributed by atoms with Crippen molar-refractivity contribution in [1.82, 2.24) is 4.90 Å². The monoisotopic (exact) mass is 567 g/mol. The van der Waals surface area contributed by atoms with E-state index in [1.165, 1.54) is 29.7 Å². The van der Waals surface area contributed by atoms with E-state index in [4.69, 9.17) is 22.0 Å². The average Bonchev–Trinajstić information content (AvgIpc) is 3.36. The van der Waals surface area contributed by atoms with Crippen molar-refractivity contribution in [3.05, 3.63) is 106 Å². The summed E-state index contributed by atoms with van der Waals surface area (Å²) in [5, 5.41) is 9.22. The van der Waals surface area contributed by atoms with E-state index in [2.05, 4.69) is 0 Å². The fourth-order valence-corrected chi connectivity index (χ4v) is 5.77. The standard InChI is InChI=1S/C29H27ClFN3O2S2/c1-34(18-20-10-12-22(31)13-11-20)19-23(32)17-27(33-26-9-4-3-8-25(26)30)29-15-14-28(37-29)21-6-5-7-24(16-21)38(2,35)36/h3-16,32H,17-19H2,1-2H3. The predicted octanol–water partition coefficient (Wildman–Crippen LogP) is 7.27. The second kappa shape index (κ2) is 12.1. The van der Waals surface area contributed by atoms with Crippen LogP contribution in [0.3, 0.4) is 0 Å². The van der Waals surface area contributed by atoms with Gasteiger partial charge in [0, 0.05) is 41.2 Å². The first-order valence-corrected chi connectivity index (χ1v) is 14.9. The van der Waals surface area contributed by atoms with Gasteiger partial charge in [-0.25, -0.2) is 12.8 Å². The zero-order chi connectivity index (χ0) is 27.3. The molecule has 5 nitrogen and oxygen atoms in total. The van der Waals surface area contributed by atoms with Crippen molar-refractivity contribution in [3.63, 3.8) is 0 Å². The zero-order valence-corrected chi connectivity index (χ0v) is 23.4. The van der Waals surface area contributed by atoms with Gasteiger partial charge in [0.25, 0.3) is 0 Å². The smallest absolute Gasteiger partial charge is 0.175 e. The Morgan fingerprint density at radius 1 is 1.03 bits per heavy atom. The molecular formula is C29H27ClFN3O2S2. The Morgan fingerprint density at radius 2 is 1.76 bits per heavy atom. The van der Waals surface area contributed by atoms with Crippen molar-refractivity contribution in [1.29, 1.82) is 5.41 Å². The van der Waals surface area contributed by atoms with Crippen LogP contribution in [-0.2, 0) is 16.4 Å². The molecule has 1 aromatic heterocycles. The van der Waals surface area contributed by atoms with E-state index in [-0.39, 0.29) is 10.7 Å². The average molecular weight is 568 g/mol. The van der Waals surface area contributed by atoms with Crippen molar-refractivity contribution in [2.45, 2.75) is 17.9 Å². The Morgan fingerprint density at radius 3 is 2.47 bits per heavy atom. The summed E-state index contributed by atoms with van der Waals surface area (Å²) >= 11 is 7.88. The molecule has 1 heterocycles. The summed E-state index contributed by atoms with van der Waals surface area (Å²) in [6, 6.07) is 24.4. The Balaban J connectivity index is 1.58. The number of para-hydroxylation sites is 1. The molecule has 4 rings (SSSR count). The van der Waals surface area contributed by atoms with Gasteiger partial charge in [0.2, 0.25) is 0 Å². The molecule has 0 spiro atoms. The fourth-order valence-electron chi connectivity index (χ4n) is 3.94. The van der Waals surface area contributed by atoms with Crippen LogP contribution in [0.5, 0.6) is 0 Å². The van der Waals surface area contributed by atoms with Gasteiger partial charge >= 0.3 is 0 Å². The molecule has 4 aromatic rings. The van der Waals surface area contributed by atoms with Crippen LogP contribution < -0.4 is 0 Å². The summed E-state index contributed by atoms with van der Waals surface area (Å²) in [5.41, 5.74) is 3.55. The van der Waals surface area contributed by atoms with Crippen LogP contribution in [0.1, 0.15) is 16.9 Å². The first kappa shape index (κ1) is 27.9. The number of sulfone groups is 1. The molecule has 0 radical (unpaired) electrons. The molecule has 0 aliphatic carbocycles. The molecule has 3 aromatic carbocycles. The van der Waals surface area contributed by atoms with Crippen molar-refractivity contribution in [3.8, 4) is 10.4 Å². The summed E-state index contributed by atoms with van der Waals surface area (Å²) in [4.78, 5) is 8.87. The molecule has 0 amide bonds. The maximum atomic E-state index is 13.2. The number of hydrogen-bond acceptors (Lipinski definition) is 6. The Kier molecular flexibility index (Phi) is 8.89. The van der Waals surface area contributed by atoms with Crippen LogP contribution >= 0.6 is 22.9 Å². The second-order valence-corrected chi connectivity index (χ2v) is 12.6. The van der Waals surface area contributed by atoms with Gasteiger partial charge in [-0.1, -0.05) is 48.0 Å². The van der Waals surface area contributed by atoms with Gasteiger partial charge in [-0.15, -0.1) is 11.3 Å². The largest absolute Gasteiger partial charge is 0.308 e. The summed E-state index contributed by atoms with van der Waals surface area (Å²) < 4.78 is 37.3. The summed E-state index contributed by atoms with van der Waals surface area (Å²) in [6.45, 7) is 0.993. The van der Waals surface area contributed by atoms with Crippen molar-refractivity contribution < 1.29 is 12.8 Å². The van der Waals surface area contributed by atoms with E-state index in [1.54, 1.807) is 36.4 Å². The lowest BCUT2D eigenvalue weighted by Crippen LogP contribution is -2.26. The number of aliphatic imine (C=N–C) groups is 1. The van der Waals surface area contributed by atoms with Crippen molar-refractivity contribution in [2.75, 3.05) is 19.8 Å². The van der Waals surface area contributed by atoms with Crippen LogP contribution in [0, 0.1) is 11.2 Å². The topological polar surface area (TPSA) is 73.6 Å². The first-order chi connectivity index (χ1) is 18.1. The molecule has 0 aliphatic heterocycles. The summed E-state index contributed by atoms with van der Waals surface area (Å²) in [7, 11) is -1.41. The molecule has 0 bridgehead atoms. The number of rotatable bonds is 10. The molecular weight excluding hydrogens is 541 g/mol. The van der Waals surface area contributed by atoms with E-state index in [0.29, 0.717) is 41.6 Å². The van der Waals surface area contributed by atoms with Crippen LogP contribution in [0.15, 0.2) is 94.8 Å². The second-order valence-electron chi connectivity index (χ2n) is 9.05. The molecule has 0 aliphatic rings. The van der Waals surface area contributed by atoms with Gasteiger partial charge < -0.3 is 5.41 Å². The maximum absolute atomic E-state index is 13.2. The number of thiophene rings is 1. The number of hydrogen-bond donors (Lipinski definition) is 1. The number of benzene rings is 3. The normalized spacial score (nSPS) is 12.2.